The first-order chi connectivity index (χ1) is 16.7. The second kappa shape index (κ2) is 9.19. The number of aryl methyl sites for hydroxylation is 1. The average Bonchev–Trinajstić information content (AvgIpc) is 3.50. The third kappa shape index (κ3) is 4.01. The number of para-hydroxylation sites is 2. The fraction of sp³-hybridized carbons (Fsp3) is 0.154. The van der Waals surface area contributed by atoms with E-state index < -0.39 is 0 Å². The van der Waals surface area contributed by atoms with Crippen molar-refractivity contribution in [2.24, 2.45) is 0 Å². The first kappa shape index (κ1) is 21.4. The largest absolute Gasteiger partial charge is 0.397 e. The van der Waals surface area contributed by atoms with E-state index in [2.05, 4.69) is 51.8 Å². The van der Waals surface area contributed by atoms with Crippen LogP contribution in [0.3, 0.4) is 0 Å². The van der Waals surface area contributed by atoms with Crippen LogP contribution >= 0.6 is 0 Å². The molecule has 8 heteroatoms. The lowest BCUT2D eigenvalue weighted by Gasteiger charge is -2.10. The summed E-state index contributed by atoms with van der Waals surface area (Å²) >= 11 is 0. The van der Waals surface area contributed by atoms with Crippen molar-refractivity contribution in [3.63, 3.8) is 0 Å². The molecule has 5 aromatic rings. The molecule has 2 aromatic heterocycles. The fourth-order valence-corrected chi connectivity index (χ4v) is 4.21. The van der Waals surface area contributed by atoms with Gasteiger partial charge in [0.2, 0.25) is 5.82 Å². The molecule has 0 aliphatic carbocycles. The molecule has 0 radical (unpaired) electrons. The zero-order valence-corrected chi connectivity index (χ0v) is 18.8. The second-order valence-corrected chi connectivity index (χ2v) is 8.15. The topological polar surface area (TPSA) is 107 Å². The van der Waals surface area contributed by atoms with E-state index in [1.54, 1.807) is 4.57 Å². The molecule has 0 bridgehead atoms. The highest BCUT2D eigenvalue weighted by molar-refractivity contribution is 5.80. The summed E-state index contributed by atoms with van der Waals surface area (Å²) in [4.78, 5) is 13.3. The minimum atomic E-state index is -0.0899. The molecule has 3 aromatic carbocycles. The number of tetrazole rings is 1. The Morgan fingerprint density at radius 3 is 2.38 bits per heavy atom. The molecule has 34 heavy (non-hydrogen) atoms. The Hall–Kier alpha value is -4.46. The molecule has 3 N–H and O–H groups in total. The van der Waals surface area contributed by atoms with Crippen molar-refractivity contribution < 1.29 is 0 Å². The van der Waals surface area contributed by atoms with E-state index in [1.165, 1.54) is 0 Å². The summed E-state index contributed by atoms with van der Waals surface area (Å²) in [7, 11) is 0. The van der Waals surface area contributed by atoms with Crippen LogP contribution in [0, 0.1) is 0 Å². The highest BCUT2D eigenvalue weighted by Crippen LogP contribution is 2.29. The van der Waals surface area contributed by atoms with Crippen molar-refractivity contribution >= 4 is 5.69 Å². The predicted octanol–water partition coefficient (Wildman–Crippen LogP) is 4.07. The number of nitrogen functional groups attached to an aromatic ring is 1. The Morgan fingerprint density at radius 1 is 0.941 bits per heavy atom. The lowest BCUT2D eigenvalue weighted by Crippen LogP contribution is -2.25. The summed E-state index contributed by atoms with van der Waals surface area (Å²) in [5.74, 6) is 0.553. The van der Waals surface area contributed by atoms with Gasteiger partial charge in [-0.15, -0.1) is 10.2 Å². The Kier molecular flexibility index (Phi) is 5.78. The van der Waals surface area contributed by atoms with Gasteiger partial charge in [-0.25, -0.2) is 4.79 Å². The van der Waals surface area contributed by atoms with Crippen molar-refractivity contribution in [1.82, 2.24) is 29.8 Å². The maximum atomic E-state index is 13.3. The third-order valence-electron chi connectivity index (χ3n) is 5.88. The smallest absolute Gasteiger partial charge is 0.333 e. The van der Waals surface area contributed by atoms with Gasteiger partial charge in [-0.05, 0) is 40.5 Å². The van der Waals surface area contributed by atoms with Crippen LogP contribution in [0.25, 0.3) is 28.2 Å². The van der Waals surface area contributed by atoms with Crippen LogP contribution in [-0.2, 0) is 13.0 Å². The summed E-state index contributed by atoms with van der Waals surface area (Å²) in [6.45, 7) is 2.60. The molecular formula is C26H25N7O. The van der Waals surface area contributed by atoms with Crippen LogP contribution in [-0.4, -0.2) is 29.8 Å². The van der Waals surface area contributed by atoms with Gasteiger partial charge in [0, 0.05) is 17.5 Å². The number of imidazole rings is 1. The molecule has 8 nitrogen and oxygen atoms in total. The van der Waals surface area contributed by atoms with Crippen molar-refractivity contribution in [2.75, 3.05) is 5.73 Å². The second-order valence-electron chi connectivity index (χ2n) is 8.15. The molecule has 0 spiro atoms. The number of aromatic amines is 1. The molecule has 0 amide bonds. The van der Waals surface area contributed by atoms with E-state index in [4.69, 9.17) is 5.73 Å². The number of benzene rings is 3. The average molecular weight is 452 g/mol. The SMILES string of the molecule is CCCc1cn(-c2ccccc2N)c(=O)n1Cc1ccc(-c2ccccc2-c2nn[nH]n2)cc1. The van der Waals surface area contributed by atoms with E-state index >= 15 is 0 Å². The molecule has 0 aliphatic rings. The minimum absolute atomic E-state index is 0.0899. The molecule has 0 aliphatic heterocycles. The fourth-order valence-electron chi connectivity index (χ4n) is 4.21. The molecule has 170 valence electrons. The van der Waals surface area contributed by atoms with Gasteiger partial charge in [0.1, 0.15) is 0 Å². The summed E-state index contributed by atoms with van der Waals surface area (Å²) in [5.41, 5.74) is 12.3. The molecule has 5 rings (SSSR count). The van der Waals surface area contributed by atoms with Crippen LogP contribution in [0.1, 0.15) is 24.6 Å². The van der Waals surface area contributed by atoms with E-state index in [1.807, 2.05) is 59.3 Å². The van der Waals surface area contributed by atoms with Crippen LogP contribution in [0.5, 0.6) is 0 Å². The number of aromatic nitrogens is 6. The van der Waals surface area contributed by atoms with Crippen LogP contribution < -0.4 is 11.4 Å². The number of anilines is 1. The zero-order chi connectivity index (χ0) is 23.5. The quantitative estimate of drug-likeness (QED) is 0.363. The van der Waals surface area contributed by atoms with Gasteiger partial charge in [0.25, 0.3) is 0 Å². The first-order valence-corrected chi connectivity index (χ1v) is 11.2. The van der Waals surface area contributed by atoms with Crippen molar-refractivity contribution in [3.8, 4) is 28.2 Å². The lowest BCUT2D eigenvalue weighted by molar-refractivity contribution is 0.692. The van der Waals surface area contributed by atoms with Crippen LogP contribution in [0.4, 0.5) is 5.69 Å². The van der Waals surface area contributed by atoms with Gasteiger partial charge in [-0.2, -0.15) is 5.21 Å². The normalized spacial score (nSPS) is 11.1. The lowest BCUT2D eigenvalue weighted by atomic mass is 9.98. The van der Waals surface area contributed by atoms with Crippen molar-refractivity contribution in [3.05, 3.63) is 101 Å². The summed E-state index contributed by atoms with van der Waals surface area (Å²) in [6, 6.07) is 23.6. The van der Waals surface area contributed by atoms with Gasteiger partial charge in [-0.3, -0.25) is 9.13 Å². The Bertz CT molecular complexity index is 1460. The Balaban J connectivity index is 1.48. The highest BCUT2D eigenvalue weighted by atomic mass is 16.1. The summed E-state index contributed by atoms with van der Waals surface area (Å²) in [5, 5.41) is 14.4. The predicted molar refractivity (Wildman–Crippen MR) is 133 cm³/mol. The first-order valence-electron chi connectivity index (χ1n) is 11.2. The zero-order valence-electron chi connectivity index (χ0n) is 18.8. The number of nitrogens with one attached hydrogen (secondary N) is 1. The molecule has 0 unspecified atom stereocenters. The number of rotatable bonds is 7. The van der Waals surface area contributed by atoms with E-state index in [-0.39, 0.29) is 5.69 Å². The number of H-pyrrole nitrogens is 1. The van der Waals surface area contributed by atoms with E-state index in [0.29, 0.717) is 23.7 Å². The number of hydrogen-bond acceptors (Lipinski definition) is 5. The maximum Gasteiger partial charge on any atom is 0.333 e. The highest BCUT2D eigenvalue weighted by Gasteiger charge is 2.15. The van der Waals surface area contributed by atoms with Crippen molar-refractivity contribution in [1.29, 1.82) is 0 Å². The van der Waals surface area contributed by atoms with E-state index in [0.717, 1.165) is 40.8 Å². The van der Waals surface area contributed by atoms with Gasteiger partial charge < -0.3 is 5.73 Å². The standard InChI is InChI=1S/C26H25N7O/c1-2-7-20-17-33(24-11-6-5-10-23(24)27)26(34)32(20)16-18-12-14-19(15-13-18)21-8-3-4-9-22(21)25-28-30-31-29-25/h3-6,8-15,17H,2,7,16,27H2,1H3,(H,28,29,30,31). The molecular weight excluding hydrogens is 426 g/mol. The Morgan fingerprint density at radius 2 is 1.68 bits per heavy atom. The van der Waals surface area contributed by atoms with Crippen LogP contribution in [0.15, 0.2) is 83.8 Å². The molecule has 0 fully saturated rings. The monoisotopic (exact) mass is 451 g/mol. The molecule has 0 saturated heterocycles. The number of nitrogens with two attached hydrogens (primary N) is 1. The molecule has 0 atom stereocenters. The van der Waals surface area contributed by atoms with Gasteiger partial charge in [-0.1, -0.05) is 74.0 Å². The number of hydrogen-bond donors (Lipinski definition) is 2. The summed E-state index contributed by atoms with van der Waals surface area (Å²) < 4.78 is 3.48. The third-order valence-corrected chi connectivity index (χ3v) is 5.88. The molecule has 0 saturated carbocycles. The Labute approximate surface area is 196 Å². The summed E-state index contributed by atoms with van der Waals surface area (Å²) in [6.07, 6.45) is 3.66. The molecule has 2 heterocycles. The maximum absolute atomic E-state index is 13.3. The van der Waals surface area contributed by atoms with Crippen LogP contribution in [0.2, 0.25) is 0 Å². The minimum Gasteiger partial charge on any atom is -0.397 e. The van der Waals surface area contributed by atoms with Gasteiger partial charge >= 0.3 is 5.69 Å². The van der Waals surface area contributed by atoms with Crippen molar-refractivity contribution in [2.45, 2.75) is 26.3 Å². The number of nitrogens with zero attached hydrogens (tertiary/aromatic N) is 5. The van der Waals surface area contributed by atoms with Gasteiger partial charge in [0.15, 0.2) is 0 Å². The van der Waals surface area contributed by atoms with Gasteiger partial charge in [0.05, 0.1) is 17.9 Å². The van der Waals surface area contributed by atoms with E-state index in [9.17, 15) is 4.79 Å².